The van der Waals surface area contributed by atoms with Gasteiger partial charge in [0.05, 0.1) is 0 Å². The molecule has 156 valence electrons. The number of allylic oxidation sites excluding steroid dienone is 2. The Labute approximate surface area is 214 Å². The number of rotatable bonds is 0. The van der Waals surface area contributed by atoms with Crippen LogP contribution in [-0.4, -0.2) is 8.07 Å². The number of hydrogen-bond acceptors (Lipinski definition) is 0. The third-order valence-electron chi connectivity index (χ3n) is 7.55. The summed E-state index contributed by atoms with van der Waals surface area (Å²) in [5, 5.41) is 9.21. The molecule has 0 aromatic heterocycles. The molecule has 0 saturated carbocycles. The molecule has 0 N–H and O–H groups in total. The first-order valence-electron chi connectivity index (χ1n) is 10.9. The molecule has 0 spiro atoms. The molecule has 0 radical (unpaired) electrons. The van der Waals surface area contributed by atoms with Crippen LogP contribution in [0.2, 0.25) is 13.1 Å². The van der Waals surface area contributed by atoms with Crippen LogP contribution in [0.4, 0.5) is 0 Å². The van der Waals surface area contributed by atoms with Crippen molar-refractivity contribution in [1.82, 2.24) is 0 Å². The average Bonchev–Trinajstić information content (AvgIpc) is 3.30. The van der Waals surface area contributed by atoms with Crippen molar-refractivity contribution in [2.45, 2.75) is 20.3 Å². The van der Waals surface area contributed by atoms with Gasteiger partial charge in [-0.1, -0.05) is 0 Å². The predicted molar refractivity (Wildman–Crippen MR) is 127 cm³/mol. The van der Waals surface area contributed by atoms with E-state index in [0.717, 1.165) is 7.25 Å². The Morgan fingerprint density at radius 2 is 0.969 bits per heavy atom. The molecule has 0 nitrogen and oxygen atoms in total. The standard InChI is InChI=1S/C28H22Si.2ClH.Zr/c1-29(2,27-15-23-11-19-7-3-4-8-20(19)12-24(23)16-27)28-17-25-13-21-9-5-6-10-22(21)14-26(25)18-28;;;/h3-18H,1-2H3;2*1H;/q;;;+2/p-2. The first-order valence-corrected chi connectivity index (χ1v) is 16.7. The van der Waals surface area contributed by atoms with Gasteiger partial charge in [-0.15, -0.1) is 0 Å². The maximum absolute atomic E-state index is 2.61. The van der Waals surface area contributed by atoms with Gasteiger partial charge >= 0.3 is 191 Å². The maximum Gasteiger partial charge on any atom is -1.00 e. The summed E-state index contributed by atoms with van der Waals surface area (Å²) >= 11 is -0.708. The molecule has 0 amide bonds. The SMILES string of the molecule is C[Si]1(C)C2=Cc3cc4ccccc4cc3[CH]2[Zr+2][CH]2C1=Cc1cc3ccccc3cc12.[Cl-].[Cl-]. The molecule has 1 aliphatic heterocycles. The molecule has 1 heterocycles. The Morgan fingerprint density at radius 3 is 1.38 bits per heavy atom. The molecule has 7 rings (SSSR count). The topological polar surface area (TPSA) is 0 Å². The molecular weight excluding hydrogens is 527 g/mol. The summed E-state index contributed by atoms with van der Waals surface area (Å²) in [7, 11) is -1.63. The molecule has 2 unspecified atom stereocenters. The van der Waals surface area contributed by atoms with Crippen molar-refractivity contribution in [1.29, 1.82) is 0 Å². The molecule has 1 saturated heterocycles. The molecule has 1 fully saturated rings. The summed E-state index contributed by atoms with van der Waals surface area (Å²) in [5.41, 5.74) is 6.30. The van der Waals surface area contributed by atoms with Gasteiger partial charge in [0.1, 0.15) is 0 Å². The zero-order valence-electron chi connectivity index (χ0n) is 18.0. The van der Waals surface area contributed by atoms with E-state index in [4.69, 9.17) is 0 Å². The quantitative estimate of drug-likeness (QED) is 0.292. The van der Waals surface area contributed by atoms with Gasteiger partial charge in [0.15, 0.2) is 0 Å². The van der Waals surface area contributed by atoms with Crippen LogP contribution in [0.5, 0.6) is 0 Å². The Balaban J connectivity index is 0.00000108. The fourth-order valence-electron chi connectivity index (χ4n) is 5.91. The molecule has 2 atom stereocenters. The van der Waals surface area contributed by atoms with Gasteiger partial charge in [-0.25, -0.2) is 0 Å². The monoisotopic (exact) mass is 546 g/mol. The van der Waals surface area contributed by atoms with Crippen LogP contribution in [-0.2, 0) is 23.2 Å². The minimum Gasteiger partial charge on any atom is -1.00 e. The summed E-state index contributed by atoms with van der Waals surface area (Å²) in [6.07, 6.45) is 5.21. The van der Waals surface area contributed by atoms with Crippen LogP contribution in [0.25, 0.3) is 33.7 Å². The molecule has 4 heteroatoms. The van der Waals surface area contributed by atoms with E-state index in [-0.39, 0.29) is 24.8 Å². The molecule has 0 bridgehead atoms. The van der Waals surface area contributed by atoms with Gasteiger partial charge in [0, 0.05) is 0 Å². The summed E-state index contributed by atoms with van der Waals surface area (Å²) in [6, 6.07) is 27.7. The van der Waals surface area contributed by atoms with E-state index in [9.17, 15) is 0 Å². The Hall–Kier alpha value is -1.44. The van der Waals surface area contributed by atoms with Gasteiger partial charge in [0.2, 0.25) is 0 Å². The Bertz CT molecular complexity index is 1360. The van der Waals surface area contributed by atoms with E-state index in [1.54, 1.807) is 11.1 Å². The van der Waals surface area contributed by atoms with Crippen LogP contribution in [0.3, 0.4) is 0 Å². The zero-order valence-corrected chi connectivity index (χ0v) is 23.0. The second kappa shape index (κ2) is 7.81. The van der Waals surface area contributed by atoms with E-state index in [1.807, 2.05) is 10.4 Å². The number of benzene rings is 4. The second-order valence-electron chi connectivity index (χ2n) is 9.51. The summed E-state index contributed by atoms with van der Waals surface area (Å²) in [6.45, 7) is 5.22. The van der Waals surface area contributed by atoms with Gasteiger partial charge in [-0.2, -0.15) is 0 Å². The first kappa shape index (κ1) is 22.4. The van der Waals surface area contributed by atoms with Crippen LogP contribution < -0.4 is 24.8 Å². The Kier molecular flexibility index (Phi) is 5.46. The first-order chi connectivity index (χ1) is 14.6. The van der Waals surface area contributed by atoms with Crippen LogP contribution >= 0.6 is 0 Å². The molecule has 3 aliphatic rings. The van der Waals surface area contributed by atoms with Crippen molar-refractivity contribution in [3.8, 4) is 0 Å². The molecule has 4 aromatic rings. The van der Waals surface area contributed by atoms with Crippen molar-refractivity contribution in [3.05, 3.63) is 105 Å². The summed E-state index contributed by atoms with van der Waals surface area (Å²) in [5.74, 6) is 0. The van der Waals surface area contributed by atoms with E-state index in [1.165, 1.54) is 32.7 Å². The molecule has 32 heavy (non-hydrogen) atoms. The largest absolute Gasteiger partial charge is 1.00 e. The van der Waals surface area contributed by atoms with E-state index < -0.39 is 31.3 Å². The van der Waals surface area contributed by atoms with Crippen molar-refractivity contribution in [3.63, 3.8) is 0 Å². The summed E-state index contributed by atoms with van der Waals surface area (Å²) < 4.78 is 1.52. The fraction of sp³-hybridized carbons (Fsp3) is 0.143. The van der Waals surface area contributed by atoms with Crippen molar-refractivity contribution in [2.75, 3.05) is 0 Å². The summed E-state index contributed by atoms with van der Waals surface area (Å²) in [4.78, 5) is 0. The van der Waals surface area contributed by atoms with Crippen molar-refractivity contribution < 1.29 is 48.0 Å². The number of fused-ring (bicyclic) bond motifs is 8. The van der Waals surface area contributed by atoms with Crippen LogP contribution in [0, 0.1) is 0 Å². The minimum absolute atomic E-state index is 0. The third kappa shape index (κ3) is 3.03. The molecular formula is C28H22Cl2SiZr. The fourth-order valence-corrected chi connectivity index (χ4v) is 19.6. The number of halogens is 2. The number of hydrogen-bond donors (Lipinski definition) is 0. The van der Waals surface area contributed by atoms with Gasteiger partial charge in [-0.3, -0.25) is 0 Å². The van der Waals surface area contributed by atoms with E-state index in [0.29, 0.717) is 0 Å². The third-order valence-corrected chi connectivity index (χ3v) is 17.4. The zero-order chi connectivity index (χ0) is 20.0. The van der Waals surface area contributed by atoms with Crippen molar-refractivity contribution in [2.24, 2.45) is 0 Å². The minimum atomic E-state index is -1.63. The van der Waals surface area contributed by atoms with Crippen LogP contribution in [0.15, 0.2) is 83.2 Å². The van der Waals surface area contributed by atoms with Gasteiger partial charge in [-0.05, 0) is 0 Å². The average molecular weight is 549 g/mol. The van der Waals surface area contributed by atoms with Crippen LogP contribution in [0.1, 0.15) is 29.5 Å². The molecule has 4 aromatic carbocycles. The van der Waals surface area contributed by atoms with E-state index >= 15 is 0 Å². The van der Waals surface area contributed by atoms with E-state index in [2.05, 4.69) is 98.0 Å². The second-order valence-corrected chi connectivity index (χ2v) is 17.6. The maximum atomic E-state index is 2.61. The van der Waals surface area contributed by atoms with Gasteiger partial charge in [0.25, 0.3) is 0 Å². The smallest absolute Gasteiger partial charge is 1.00 e. The van der Waals surface area contributed by atoms with Gasteiger partial charge < -0.3 is 24.8 Å². The Morgan fingerprint density at radius 1 is 0.594 bits per heavy atom. The normalized spacial score (nSPS) is 20.9. The molecule has 2 aliphatic carbocycles. The van der Waals surface area contributed by atoms with Crippen molar-refractivity contribution >= 4 is 41.8 Å². The predicted octanol–water partition coefficient (Wildman–Crippen LogP) is 1.46.